The molecule has 4 unspecified atom stereocenters. The van der Waals surface area contributed by atoms with Gasteiger partial charge in [-0.2, -0.15) is 13.2 Å². The molecule has 148 valence electrons. The highest BCUT2D eigenvalue weighted by Crippen LogP contribution is 2.34. The minimum Gasteiger partial charge on any atom is -0.366 e. The van der Waals surface area contributed by atoms with Crippen LogP contribution in [0.2, 0.25) is 0 Å². The lowest BCUT2D eigenvalue weighted by Gasteiger charge is -2.48. The van der Waals surface area contributed by atoms with E-state index in [1.54, 1.807) is 6.92 Å². The smallest absolute Gasteiger partial charge is 0.366 e. The summed E-state index contributed by atoms with van der Waals surface area (Å²) in [6.07, 6.45) is 1.84. The number of nitrogens with zero attached hydrogens (tertiary/aromatic N) is 1. The first kappa shape index (κ1) is 21.0. The van der Waals surface area contributed by atoms with E-state index >= 15 is 0 Å². The number of alkyl halides is 3. The average Bonchev–Trinajstić information content (AvgIpc) is 2.52. The molecule has 2 nitrogen and oxygen atoms in total. The van der Waals surface area contributed by atoms with Gasteiger partial charge < -0.3 is 10.2 Å². The van der Waals surface area contributed by atoms with Crippen LogP contribution in [0.25, 0.3) is 0 Å². The van der Waals surface area contributed by atoms with Gasteiger partial charge in [-0.15, -0.1) is 0 Å². The van der Waals surface area contributed by atoms with Crippen LogP contribution in [0.15, 0.2) is 35.8 Å². The van der Waals surface area contributed by atoms with Gasteiger partial charge in [-0.1, -0.05) is 32.4 Å². The van der Waals surface area contributed by atoms with Crippen LogP contribution in [0.5, 0.6) is 0 Å². The molecule has 1 aliphatic heterocycles. The number of fused-ring (bicyclic) bond motifs is 1. The summed E-state index contributed by atoms with van der Waals surface area (Å²) < 4.78 is 52.7. The maximum atomic E-state index is 14.7. The van der Waals surface area contributed by atoms with E-state index in [2.05, 4.69) is 23.7 Å². The summed E-state index contributed by atoms with van der Waals surface area (Å²) in [6.45, 7) is 9.82. The molecule has 2 rings (SSSR count). The highest BCUT2D eigenvalue weighted by atomic mass is 19.4. The van der Waals surface area contributed by atoms with E-state index in [0.29, 0.717) is 11.7 Å². The largest absolute Gasteiger partial charge is 0.389 e. The van der Waals surface area contributed by atoms with Crippen LogP contribution in [0.4, 0.5) is 17.6 Å². The number of halogens is 4. The normalized spacial score (nSPS) is 29.3. The lowest BCUT2D eigenvalue weighted by atomic mass is 9.86. The van der Waals surface area contributed by atoms with Gasteiger partial charge in [0.2, 0.25) is 0 Å². The van der Waals surface area contributed by atoms with Gasteiger partial charge in [0.15, 0.2) is 0 Å². The molecular weight excluding hydrogens is 344 g/mol. The van der Waals surface area contributed by atoms with Crippen molar-refractivity contribution in [3.8, 4) is 0 Å². The minimum atomic E-state index is -4.31. The van der Waals surface area contributed by atoms with E-state index in [0.717, 1.165) is 25.8 Å². The summed E-state index contributed by atoms with van der Waals surface area (Å²) in [5.41, 5.74) is 0.637. The summed E-state index contributed by atoms with van der Waals surface area (Å²) in [5, 5.41) is 3.60. The lowest BCUT2D eigenvalue weighted by Crippen LogP contribution is -2.61. The Hall–Kier alpha value is -1.30. The van der Waals surface area contributed by atoms with Gasteiger partial charge in [0.05, 0.1) is 6.42 Å². The second-order valence-corrected chi connectivity index (χ2v) is 7.63. The van der Waals surface area contributed by atoms with Crippen molar-refractivity contribution < 1.29 is 17.6 Å². The van der Waals surface area contributed by atoms with Crippen molar-refractivity contribution in [2.45, 2.75) is 77.2 Å². The summed E-state index contributed by atoms with van der Waals surface area (Å²) in [5.74, 6) is -1.54. The summed E-state index contributed by atoms with van der Waals surface area (Å²) in [6, 6.07) is 0.914. The molecule has 4 atom stereocenters. The molecule has 1 saturated carbocycles. The lowest BCUT2D eigenvalue weighted by molar-refractivity contribution is -0.140. The standard InChI is InChI=1S/C20H30F4N2/c1-5-16(13(2)11-20(22,23)24)17(21)10-15(4)26-12-14(3)25-18-8-6-7-9-19(18)26/h5,10,13-14,18-19,25H,4,6-9,11-12H2,1-3H3/b16-5-,17-10+. The predicted molar refractivity (Wildman–Crippen MR) is 97.3 cm³/mol. The quantitative estimate of drug-likeness (QED) is 0.505. The molecule has 0 aromatic carbocycles. The third-order valence-corrected chi connectivity index (χ3v) is 5.42. The predicted octanol–water partition coefficient (Wildman–Crippen LogP) is 5.49. The molecule has 1 heterocycles. The third kappa shape index (κ3) is 5.35. The minimum absolute atomic E-state index is 0.0897. The van der Waals surface area contributed by atoms with Crippen LogP contribution in [0.1, 0.15) is 52.9 Å². The molecule has 2 aliphatic rings. The van der Waals surface area contributed by atoms with Crippen molar-refractivity contribution in [3.63, 3.8) is 0 Å². The molecule has 6 heteroatoms. The van der Waals surface area contributed by atoms with Crippen LogP contribution in [0, 0.1) is 5.92 Å². The zero-order valence-electron chi connectivity index (χ0n) is 15.9. The van der Waals surface area contributed by atoms with Crippen molar-refractivity contribution in [2.24, 2.45) is 5.92 Å². The van der Waals surface area contributed by atoms with Crippen molar-refractivity contribution in [2.75, 3.05) is 6.54 Å². The summed E-state index contributed by atoms with van der Waals surface area (Å²) in [7, 11) is 0. The van der Waals surface area contributed by atoms with Crippen LogP contribution in [-0.2, 0) is 0 Å². The number of nitrogens with one attached hydrogen (secondary N) is 1. The Morgan fingerprint density at radius 1 is 1.31 bits per heavy atom. The first-order valence-corrected chi connectivity index (χ1v) is 9.44. The maximum absolute atomic E-state index is 14.7. The Bertz CT molecular complexity index is 565. The van der Waals surface area contributed by atoms with E-state index < -0.39 is 24.3 Å². The fourth-order valence-corrected chi connectivity index (χ4v) is 4.29. The van der Waals surface area contributed by atoms with E-state index in [4.69, 9.17) is 0 Å². The highest BCUT2D eigenvalue weighted by molar-refractivity contribution is 5.33. The van der Waals surface area contributed by atoms with Gasteiger partial charge in [0, 0.05) is 30.4 Å². The number of hydrogen-bond acceptors (Lipinski definition) is 2. The van der Waals surface area contributed by atoms with Gasteiger partial charge in [0.1, 0.15) is 5.83 Å². The van der Waals surface area contributed by atoms with Crippen molar-refractivity contribution in [3.05, 3.63) is 35.8 Å². The fourth-order valence-electron chi connectivity index (χ4n) is 4.29. The first-order valence-electron chi connectivity index (χ1n) is 9.44. The van der Waals surface area contributed by atoms with Gasteiger partial charge >= 0.3 is 6.18 Å². The van der Waals surface area contributed by atoms with Gasteiger partial charge in [-0.25, -0.2) is 4.39 Å². The second kappa shape index (κ2) is 8.59. The topological polar surface area (TPSA) is 15.3 Å². The average molecular weight is 374 g/mol. The zero-order valence-corrected chi connectivity index (χ0v) is 15.9. The van der Waals surface area contributed by atoms with Gasteiger partial charge in [-0.3, -0.25) is 0 Å². The molecule has 0 aromatic rings. The Morgan fingerprint density at radius 2 is 1.96 bits per heavy atom. The van der Waals surface area contributed by atoms with Gasteiger partial charge in [-0.05, 0) is 44.3 Å². The molecule has 1 aliphatic carbocycles. The van der Waals surface area contributed by atoms with E-state index in [-0.39, 0.29) is 17.7 Å². The SMILES string of the molecule is C=C(/C=C(F)\C(=C/C)C(C)CC(F)(F)F)N1CC(C)NC2CCCCC21. The molecule has 0 bridgehead atoms. The molecule has 1 saturated heterocycles. The van der Waals surface area contributed by atoms with E-state index in [1.165, 1.54) is 25.5 Å². The van der Waals surface area contributed by atoms with Crippen LogP contribution < -0.4 is 5.32 Å². The number of hydrogen-bond donors (Lipinski definition) is 1. The summed E-state index contributed by atoms with van der Waals surface area (Å²) >= 11 is 0. The van der Waals surface area contributed by atoms with Crippen molar-refractivity contribution >= 4 is 0 Å². The third-order valence-electron chi connectivity index (χ3n) is 5.42. The van der Waals surface area contributed by atoms with Crippen LogP contribution in [0.3, 0.4) is 0 Å². The number of piperazine rings is 1. The molecule has 26 heavy (non-hydrogen) atoms. The molecule has 0 amide bonds. The molecule has 1 N–H and O–H groups in total. The summed E-state index contributed by atoms with van der Waals surface area (Å²) in [4.78, 5) is 2.13. The molecule has 0 radical (unpaired) electrons. The Balaban J connectivity index is 2.14. The zero-order chi connectivity index (χ0) is 19.5. The van der Waals surface area contributed by atoms with Crippen molar-refractivity contribution in [1.29, 1.82) is 0 Å². The van der Waals surface area contributed by atoms with Crippen LogP contribution in [-0.4, -0.2) is 35.7 Å². The number of allylic oxidation sites excluding steroid dienone is 4. The van der Waals surface area contributed by atoms with E-state index in [9.17, 15) is 17.6 Å². The molecule has 0 spiro atoms. The Labute approximate surface area is 154 Å². The first-order chi connectivity index (χ1) is 12.1. The molecule has 0 aromatic heterocycles. The Kier molecular flexibility index (Phi) is 6.94. The number of rotatable bonds is 5. The van der Waals surface area contributed by atoms with Crippen LogP contribution >= 0.6 is 0 Å². The fraction of sp³-hybridized carbons (Fsp3) is 0.700. The van der Waals surface area contributed by atoms with E-state index in [1.807, 2.05) is 0 Å². The monoisotopic (exact) mass is 374 g/mol. The molecular formula is C20H30F4N2. The Morgan fingerprint density at radius 3 is 2.58 bits per heavy atom. The molecule has 2 fully saturated rings. The van der Waals surface area contributed by atoms with Crippen molar-refractivity contribution in [1.82, 2.24) is 10.2 Å². The second-order valence-electron chi connectivity index (χ2n) is 7.63. The van der Waals surface area contributed by atoms with Gasteiger partial charge in [0.25, 0.3) is 0 Å². The maximum Gasteiger partial charge on any atom is 0.389 e. The highest BCUT2D eigenvalue weighted by Gasteiger charge is 2.36.